The maximum atomic E-state index is 12.4. The Balaban J connectivity index is 1.33. The summed E-state index contributed by atoms with van der Waals surface area (Å²) in [6, 6.07) is 7.70. The van der Waals surface area contributed by atoms with Gasteiger partial charge in [0.2, 0.25) is 0 Å². The van der Waals surface area contributed by atoms with Gasteiger partial charge in [0, 0.05) is 31.7 Å². The molecule has 0 aromatic carbocycles. The second kappa shape index (κ2) is 7.29. The summed E-state index contributed by atoms with van der Waals surface area (Å²) in [7, 11) is 0. The molecule has 3 atom stereocenters. The van der Waals surface area contributed by atoms with Crippen molar-refractivity contribution in [1.29, 1.82) is 0 Å². The molecule has 2 aliphatic heterocycles. The number of ether oxygens (including phenoxy) is 1. The molecule has 6 nitrogen and oxygen atoms in total. The van der Waals surface area contributed by atoms with Crippen molar-refractivity contribution in [2.45, 2.75) is 31.6 Å². The normalized spacial score (nSPS) is 26.2. The number of hydrogen-bond donors (Lipinski definition) is 1. The van der Waals surface area contributed by atoms with E-state index in [-0.39, 0.29) is 18.1 Å². The lowest BCUT2D eigenvalue weighted by atomic mass is 9.91. The van der Waals surface area contributed by atoms with Gasteiger partial charge in [-0.25, -0.2) is 0 Å². The van der Waals surface area contributed by atoms with Crippen LogP contribution in [0.3, 0.4) is 0 Å². The van der Waals surface area contributed by atoms with Gasteiger partial charge in [0.15, 0.2) is 0 Å². The Kier molecular flexibility index (Phi) is 4.72. The zero-order chi connectivity index (χ0) is 17.1. The highest BCUT2D eigenvalue weighted by Gasteiger charge is 2.41. The highest BCUT2D eigenvalue weighted by Crippen LogP contribution is 2.34. The number of nitrogens with one attached hydrogen (secondary N) is 1. The third kappa shape index (κ3) is 3.86. The Morgan fingerprint density at radius 1 is 1.24 bits per heavy atom. The van der Waals surface area contributed by atoms with Crippen LogP contribution in [-0.4, -0.2) is 46.1 Å². The summed E-state index contributed by atoms with van der Waals surface area (Å²) in [6.07, 6.45) is 8.68. The first-order valence-electron chi connectivity index (χ1n) is 8.75. The van der Waals surface area contributed by atoms with E-state index in [0.717, 1.165) is 32.5 Å². The number of anilines is 1. The van der Waals surface area contributed by atoms with E-state index < -0.39 is 0 Å². The molecule has 0 aliphatic carbocycles. The number of carbonyl (C=O) groups excluding carboxylic acids is 1. The first-order chi connectivity index (χ1) is 12.3. The predicted molar refractivity (Wildman–Crippen MR) is 93.8 cm³/mol. The number of piperidine rings is 1. The largest absolute Gasteiger partial charge is 0.364 e. The molecule has 1 N–H and O–H groups in total. The molecule has 2 aromatic rings. The van der Waals surface area contributed by atoms with Crippen molar-refractivity contribution in [2.24, 2.45) is 5.92 Å². The van der Waals surface area contributed by atoms with E-state index >= 15 is 0 Å². The first kappa shape index (κ1) is 16.2. The average Bonchev–Trinajstić information content (AvgIpc) is 3.07. The molecule has 4 heterocycles. The molecule has 0 unspecified atom stereocenters. The highest BCUT2D eigenvalue weighted by molar-refractivity contribution is 5.94. The van der Waals surface area contributed by atoms with Crippen molar-refractivity contribution in [2.75, 3.05) is 18.4 Å². The van der Waals surface area contributed by atoms with Crippen LogP contribution >= 0.6 is 0 Å². The van der Waals surface area contributed by atoms with Crippen molar-refractivity contribution in [3.05, 3.63) is 54.6 Å². The lowest BCUT2D eigenvalue weighted by Gasteiger charge is -2.33. The number of nitrogens with zero attached hydrogens (tertiary/aromatic N) is 3. The molecule has 0 saturated carbocycles. The van der Waals surface area contributed by atoms with Crippen molar-refractivity contribution in [1.82, 2.24) is 14.9 Å². The van der Waals surface area contributed by atoms with Crippen LogP contribution in [0.15, 0.2) is 49.1 Å². The third-order valence-electron chi connectivity index (χ3n) is 4.99. The SMILES string of the molecule is O=C(Nc1cccnc1)[C@@H]1C[C@H]2CCN(Cc3cccnc3)C[C@H]2O1. The summed E-state index contributed by atoms with van der Waals surface area (Å²) >= 11 is 0. The van der Waals surface area contributed by atoms with Crippen molar-refractivity contribution in [3.63, 3.8) is 0 Å². The quantitative estimate of drug-likeness (QED) is 0.925. The van der Waals surface area contributed by atoms with E-state index in [1.54, 1.807) is 24.7 Å². The Labute approximate surface area is 147 Å². The number of likely N-dealkylation sites (tertiary alicyclic amines) is 1. The zero-order valence-electron chi connectivity index (χ0n) is 14.0. The molecule has 2 fully saturated rings. The Hall–Kier alpha value is -2.31. The summed E-state index contributed by atoms with van der Waals surface area (Å²) in [5, 5.41) is 2.90. The molecule has 130 valence electrons. The Morgan fingerprint density at radius 2 is 2.08 bits per heavy atom. The van der Waals surface area contributed by atoms with Crippen molar-refractivity contribution >= 4 is 11.6 Å². The number of aromatic nitrogens is 2. The molecule has 0 spiro atoms. The highest BCUT2D eigenvalue weighted by atomic mass is 16.5. The number of hydrogen-bond acceptors (Lipinski definition) is 5. The molecule has 0 radical (unpaired) electrons. The van der Waals surface area contributed by atoms with Crippen LogP contribution in [0.5, 0.6) is 0 Å². The van der Waals surface area contributed by atoms with E-state index in [1.165, 1.54) is 5.56 Å². The molecule has 0 bridgehead atoms. The summed E-state index contributed by atoms with van der Waals surface area (Å²) in [5.74, 6) is 0.399. The molecular weight excluding hydrogens is 316 g/mol. The van der Waals surface area contributed by atoms with Gasteiger partial charge in [0.25, 0.3) is 5.91 Å². The van der Waals surface area contributed by atoms with Crippen LogP contribution in [-0.2, 0) is 16.1 Å². The van der Waals surface area contributed by atoms with Gasteiger partial charge >= 0.3 is 0 Å². The van der Waals surface area contributed by atoms with Crippen LogP contribution in [0.4, 0.5) is 5.69 Å². The average molecular weight is 338 g/mol. The monoisotopic (exact) mass is 338 g/mol. The van der Waals surface area contributed by atoms with Gasteiger partial charge in [0.05, 0.1) is 18.0 Å². The fourth-order valence-electron chi connectivity index (χ4n) is 3.72. The number of amides is 1. The minimum Gasteiger partial charge on any atom is -0.364 e. The minimum absolute atomic E-state index is 0.0683. The fraction of sp³-hybridized carbons (Fsp3) is 0.421. The Morgan fingerprint density at radius 3 is 2.84 bits per heavy atom. The van der Waals surface area contributed by atoms with Gasteiger partial charge in [-0.1, -0.05) is 6.07 Å². The standard InChI is InChI=1S/C19H22N4O2/c24-19(22-16-4-2-7-21-11-16)17-9-15-5-8-23(13-18(15)25-17)12-14-3-1-6-20-10-14/h1-4,6-7,10-11,15,17-18H,5,8-9,12-13H2,(H,22,24)/t15-,17+,18-/m1/s1. The van der Waals surface area contributed by atoms with Crippen LogP contribution in [0, 0.1) is 5.92 Å². The van der Waals surface area contributed by atoms with Crippen LogP contribution in [0.25, 0.3) is 0 Å². The van der Waals surface area contributed by atoms with E-state index in [4.69, 9.17) is 4.74 Å². The lowest BCUT2D eigenvalue weighted by Crippen LogP contribution is -2.41. The second-order valence-corrected chi connectivity index (χ2v) is 6.77. The van der Waals surface area contributed by atoms with Gasteiger partial charge in [0.1, 0.15) is 6.10 Å². The first-order valence-corrected chi connectivity index (χ1v) is 8.75. The van der Waals surface area contributed by atoms with E-state index in [0.29, 0.717) is 11.6 Å². The minimum atomic E-state index is -0.367. The predicted octanol–water partition coefficient (Wildman–Crippen LogP) is 2.09. The summed E-state index contributed by atoms with van der Waals surface area (Å²) in [6.45, 7) is 2.79. The topological polar surface area (TPSA) is 67.4 Å². The van der Waals surface area contributed by atoms with Crippen LogP contribution in [0.2, 0.25) is 0 Å². The molecule has 4 rings (SSSR count). The maximum Gasteiger partial charge on any atom is 0.253 e. The van der Waals surface area contributed by atoms with Crippen molar-refractivity contribution < 1.29 is 9.53 Å². The molecule has 2 aromatic heterocycles. The summed E-state index contributed by atoms with van der Waals surface area (Å²) in [5.41, 5.74) is 1.92. The van der Waals surface area contributed by atoms with Crippen LogP contribution < -0.4 is 5.32 Å². The third-order valence-corrected chi connectivity index (χ3v) is 4.99. The Bertz CT molecular complexity index is 710. The smallest absolute Gasteiger partial charge is 0.253 e. The molecule has 25 heavy (non-hydrogen) atoms. The number of rotatable bonds is 4. The van der Waals surface area contributed by atoms with Gasteiger partial charge in [-0.05, 0) is 49.1 Å². The van der Waals surface area contributed by atoms with Gasteiger partial charge < -0.3 is 10.1 Å². The van der Waals surface area contributed by atoms with Crippen LogP contribution in [0.1, 0.15) is 18.4 Å². The summed E-state index contributed by atoms with van der Waals surface area (Å²) < 4.78 is 6.08. The zero-order valence-corrected chi connectivity index (χ0v) is 14.0. The number of carbonyl (C=O) groups is 1. The number of pyridine rings is 2. The van der Waals surface area contributed by atoms with Crippen molar-refractivity contribution in [3.8, 4) is 0 Å². The molecule has 6 heteroatoms. The van der Waals surface area contributed by atoms with Gasteiger partial charge in [-0.3, -0.25) is 19.7 Å². The van der Waals surface area contributed by atoms with E-state index in [1.807, 2.05) is 18.3 Å². The molecular formula is C19H22N4O2. The second-order valence-electron chi connectivity index (χ2n) is 6.77. The van der Waals surface area contributed by atoms with Gasteiger partial charge in [-0.15, -0.1) is 0 Å². The molecule has 2 saturated heterocycles. The molecule has 1 amide bonds. The summed E-state index contributed by atoms with van der Waals surface area (Å²) in [4.78, 5) is 23.0. The molecule has 2 aliphatic rings. The number of fused-ring (bicyclic) bond motifs is 1. The van der Waals surface area contributed by atoms with Gasteiger partial charge in [-0.2, -0.15) is 0 Å². The maximum absolute atomic E-state index is 12.4. The fourth-order valence-corrected chi connectivity index (χ4v) is 3.72. The van der Waals surface area contributed by atoms with E-state index in [2.05, 4.69) is 26.3 Å². The van der Waals surface area contributed by atoms with E-state index in [9.17, 15) is 4.79 Å². The lowest BCUT2D eigenvalue weighted by molar-refractivity contribution is -0.127.